The van der Waals surface area contributed by atoms with Gasteiger partial charge < -0.3 is 14.1 Å². The molecule has 0 fully saturated rings. The topological polar surface area (TPSA) is 42.7 Å². The number of hydrogen-bond donors (Lipinski definition) is 0. The van der Waals surface area contributed by atoms with Crippen LogP contribution >= 0.6 is 11.6 Å². The Morgan fingerprint density at radius 3 is 2.38 bits per heavy atom. The highest BCUT2D eigenvalue weighted by molar-refractivity contribution is 6.30. The van der Waals surface area contributed by atoms with Gasteiger partial charge >= 0.3 is 0 Å². The SMILES string of the molecule is CCCN(CCC)C(=O)/C=C(\C)c1cc2c(-c3ccc(Cl)cc3)coc2c(C)c1OCC. The number of hydrogen-bond acceptors (Lipinski definition) is 3. The molecule has 0 saturated carbocycles. The average Bonchev–Trinajstić information content (AvgIpc) is 3.20. The summed E-state index contributed by atoms with van der Waals surface area (Å²) < 4.78 is 12.0. The molecule has 0 N–H and O–H groups in total. The van der Waals surface area contributed by atoms with Crippen molar-refractivity contribution >= 4 is 34.1 Å². The molecule has 1 heterocycles. The third kappa shape index (κ3) is 5.02. The monoisotopic (exact) mass is 453 g/mol. The lowest BCUT2D eigenvalue weighted by Crippen LogP contribution is -2.31. The van der Waals surface area contributed by atoms with Gasteiger partial charge in [-0.2, -0.15) is 0 Å². The number of fused-ring (bicyclic) bond motifs is 1. The van der Waals surface area contributed by atoms with E-state index in [9.17, 15) is 4.79 Å². The van der Waals surface area contributed by atoms with Crippen molar-refractivity contribution in [3.8, 4) is 16.9 Å². The van der Waals surface area contributed by atoms with Crippen molar-refractivity contribution in [2.75, 3.05) is 19.7 Å². The number of nitrogens with zero attached hydrogens (tertiary/aromatic N) is 1. The van der Waals surface area contributed by atoms with Gasteiger partial charge in [-0.05, 0) is 62.9 Å². The van der Waals surface area contributed by atoms with Gasteiger partial charge in [-0.1, -0.05) is 37.6 Å². The van der Waals surface area contributed by atoms with Gasteiger partial charge in [0.15, 0.2) is 0 Å². The molecule has 4 nitrogen and oxygen atoms in total. The van der Waals surface area contributed by atoms with Crippen LogP contribution in [-0.4, -0.2) is 30.5 Å². The van der Waals surface area contributed by atoms with E-state index in [1.54, 1.807) is 12.3 Å². The van der Waals surface area contributed by atoms with Crippen molar-refractivity contribution in [2.45, 2.75) is 47.5 Å². The molecule has 0 aliphatic rings. The number of furan rings is 1. The first-order valence-electron chi connectivity index (χ1n) is 11.3. The predicted molar refractivity (Wildman–Crippen MR) is 133 cm³/mol. The summed E-state index contributed by atoms with van der Waals surface area (Å²) in [6, 6.07) is 9.79. The maximum atomic E-state index is 13.0. The van der Waals surface area contributed by atoms with Crippen molar-refractivity contribution in [3.63, 3.8) is 0 Å². The number of aryl methyl sites for hydroxylation is 1. The zero-order valence-electron chi connectivity index (χ0n) is 19.6. The molecule has 0 unspecified atom stereocenters. The normalized spacial score (nSPS) is 11.8. The first-order chi connectivity index (χ1) is 15.4. The second-order valence-corrected chi connectivity index (χ2v) is 8.43. The van der Waals surface area contributed by atoms with E-state index < -0.39 is 0 Å². The fourth-order valence-corrected chi connectivity index (χ4v) is 4.14. The lowest BCUT2D eigenvalue weighted by molar-refractivity contribution is -0.126. The van der Waals surface area contributed by atoms with Gasteiger partial charge in [-0.3, -0.25) is 4.79 Å². The molecule has 170 valence electrons. The molecule has 1 amide bonds. The smallest absolute Gasteiger partial charge is 0.246 e. The maximum absolute atomic E-state index is 13.0. The van der Waals surface area contributed by atoms with E-state index in [4.69, 9.17) is 20.8 Å². The molecule has 0 saturated heterocycles. The molecule has 0 spiro atoms. The van der Waals surface area contributed by atoms with E-state index in [2.05, 4.69) is 19.9 Å². The molecule has 2 aromatic carbocycles. The number of carbonyl (C=O) groups is 1. The largest absolute Gasteiger partial charge is 0.493 e. The van der Waals surface area contributed by atoms with Crippen LogP contribution in [0.15, 0.2) is 47.1 Å². The van der Waals surface area contributed by atoms with Crippen LogP contribution in [-0.2, 0) is 4.79 Å². The molecule has 3 rings (SSSR count). The number of amides is 1. The number of ether oxygens (including phenoxy) is 1. The Bertz CT molecular complexity index is 1110. The lowest BCUT2D eigenvalue weighted by Gasteiger charge is -2.20. The van der Waals surface area contributed by atoms with Gasteiger partial charge in [0.25, 0.3) is 0 Å². The van der Waals surface area contributed by atoms with E-state index in [0.29, 0.717) is 11.6 Å². The van der Waals surface area contributed by atoms with Crippen LogP contribution in [0, 0.1) is 6.92 Å². The van der Waals surface area contributed by atoms with Crippen molar-refractivity contribution in [3.05, 3.63) is 58.8 Å². The van der Waals surface area contributed by atoms with Crippen LogP contribution in [0.3, 0.4) is 0 Å². The Kier molecular flexibility index (Phi) is 8.03. The minimum absolute atomic E-state index is 0.0384. The lowest BCUT2D eigenvalue weighted by atomic mass is 9.96. The number of benzene rings is 2. The van der Waals surface area contributed by atoms with Crippen LogP contribution in [0.1, 0.15) is 51.7 Å². The van der Waals surface area contributed by atoms with Gasteiger partial charge in [0, 0.05) is 46.3 Å². The average molecular weight is 454 g/mol. The fraction of sp³-hybridized carbons (Fsp3) is 0.370. The zero-order chi connectivity index (χ0) is 23.3. The summed E-state index contributed by atoms with van der Waals surface area (Å²) in [4.78, 5) is 14.9. The summed E-state index contributed by atoms with van der Waals surface area (Å²) in [5.41, 5.74) is 5.52. The molecule has 0 aliphatic carbocycles. The Morgan fingerprint density at radius 2 is 1.78 bits per heavy atom. The number of carbonyl (C=O) groups excluding carboxylic acids is 1. The van der Waals surface area contributed by atoms with E-state index in [-0.39, 0.29) is 5.91 Å². The third-order valence-electron chi connectivity index (χ3n) is 5.55. The second-order valence-electron chi connectivity index (χ2n) is 8.00. The third-order valence-corrected chi connectivity index (χ3v) is 5.80. The molecule has 0 bridgehead atoms. The zero-order valence-corrected chi connectivity index (χ0v) is 20.4. The summed E-state index contributed by atoms with van der Waals surface area (Å²) in [6.07, 6.45) is 5.38. The number of rotatable bonds is 9. The summed E-state index contributed by atoms with van der Waals surface area (Å²) >= 11 is 6.07. The van der Waals surface area contributed by atoms with Gasteiger partial charge in [0.1, 0.15) is 11.3 Å². The minimum Gasteiger partial charge on any atom is -0.493 e. The van der Waals surface area contributed by atoms with Gasteiger partial charge in [0.05, 0.1) is 12.9 Å². The Labute approximate surface area is 195 Å². The Morgan fingerprint density at radius 1 is 1.12 bits per heavy atom. The molecule has 0 radical (unpaired) electrons. The standard InChI is InChI=1S/C27H32ClNO3/c1-6-13-29(14-7-2)25(30)15-18(4)22-16-23-24(20-9-11-21(28)12-10-20)17-32-27(23)19(5)26(22)31-8-3/h9-12,15-17H,6-8,13-14H2,1-5H3/b18-15+. The van der Waals surface area contributed by atoms with Crippen molar-refractivity contribution in [2.24, 2.45) is 0 Å². The van der Waals surface area contributed by atoms with Gasteiger partial charge in [-0.15, -0.1) is 0 Å². The molecule has 3 aromatic rings. The molecule has 1 aromatic heterocycles. The summed E-state index contributed by atoms with van der Waals surface area (Å²) in [6.45, 7) is 12.2. The van der Waals surface area contributed by atoms with Gasteiger partial charge in [0.2, 0.25) is 5.91 Å². The summed E-state index contributed by atoms with van der Waals surface area (Å²) in [5.74, 6) is 0.799. The highest BCUT2D eigenvalue weighted by Crippen LogP contribution is 2.41. The van der Waals surface area contributed by atoms with Crippen molar-refractivity contribution in [1.82, 2.24) is 4.90 Å². The molecular formula is C27H32ClNO3. The van der Waals surface area contributed by atoms with E-state index in [1.165, 1.54) is 0 Å². The van der Waals surface area contributed by atoms with Crippen molar-refractivity contribution < 1.29 is 13.9 Å². The van der Waals surface area contributed by atoms with Crippen LogP contribution in [0.5, 0.6) is 5.75 Å². The minimum atomic E-state index is 0.0384. The summed E-state index contributed by atoms with van der Waals surface area (Å²) in [7, 11) is 0. The van der Waals surface area contributed by atoms with Gasteiger partial charge in [-0.25, -0.2) is 0 Å². The summed E-state index contributed by atoms with van der Waals surface area (Å²) in [5, 5.41) is 1.68. The highest BCUT2D eigenvalue weighted by Gasteiger charge is 2.20. The highest BCUT2D eigenvalue weighted by atomic mass is 35.5. The number of halogens is 1. The van der Waals surface area contributed by atoms with Crippen LogP contribution < -0.4 is 4.74 Å². The Hall–Kier alpha value is -2.72. The van der Waals surface area contributed by atoms with Crippen LogP contribution in [0.4, 0.5) is 0 Å². The second kappa shape index (κ2) is 10.7. The number of allylic oxidation sites excluding steroid dienone is 1. The predicted octanol–water partition coefficient (Wildman–Crippen LogP) is 7.51. The molecular weight excluding hydrogens is 422 g/mol. The van der Waals surface area contributed by atoms with E-state index >= 15 is 0 Å². The fourth-order valence-electron chi connectivity index (χ4n) is 4.02. The maximum Gasteiger partial charge on any atom is 0.246 e. The van der Waals surface area contributed by atoms with Crippen LogP contribution in [0.25, 0.3) is 27.7 Å². The first-order valence-corrected chi connectivity index (χ1v) is 11.7. The Balaban J connectivity index is 2.13. The molecule has 32 heavy (non-hydrogen) atoms. The first kappa shape index (κ1) is 23.9. The van der Waals surface area contributed by atoms with E-state index in [0.717, 1.165) is 70.5 Å². The quantitative estimate of drug-likeness (QED) is 0.315. The van der Waals surface area contributed by atoms with E-state index in [1.807, 2.05) is 49.9 Å². The molecule has 5 heteroatoms. The van der Waals surface area contributed by atoms with Crippen LogP contribution in [0.2, 0.25) is 5.02 Å². The molecule has 0 aliphatic heterocycles. The van der Waals surface area contributed by atoms with Crippen molar-refractivity contribution in [1.29, 1.82) is 0 Å². The molecule has 0 atom stereocenters.